The van der Waals surface area contributed by atoms with Gasteiger partial charge in [0.1, 0.15) is 5.75 Å². The predicted molar refractivity (Wildman–Crippen MR) is 45.6 cm³/mol. The Morgan fingerprint density at radius 1 is 1.38 bits per heavy atom. The van der Waals surface area contributed by atoms with Crippen LogP contribution >= 0.6 is 0 Å². The highest BCUT2D eigenvalue weighted by Gasteiger charge is 2.22. The lowest BCUT2D eigenvalue weighted by Crippen LogP contribution is -2.29. The van der Waals surface area contributed by atoms with Crippen molar-refractivity contribution in [2.24, 2.45) is 0 Å². The van der Waals surface area contributed by atoms with E-state index in [9.17, 15) is 4.79 Å². The van der Waals surface area contributed by atoms with E-state index < -0.39 is 7.12 Å². The summed E-state index contributed by atoms with van der Waals surface area (Å²) in [6, 6.07) is 4.69. The summed E-state index contributed by atoms with van der Waals surface area (Å²) in [5, 5.41) is 17.7. The highest BCUT2D eigenvalue weighted by molar-refractivity contribution is 6.58. The van der Waals surface area contributed by atoms with Crippen LogP contribution in [0, 0.1) is 0 Å². The first-order valence-corrected chi connectivity index (χ1v) is 3.86. The smallest absolute Gasteiger partial charge is 0.426 e. The fraction of sp³-hybridized carbons (Fsp3) is 0.125. The van der Waals surface area contributed by atoms with E-state index in [1.54, 1.807) is 12.1 Å². The van der Waals surface area contributed by atoms with Gasteiger partial charge in [0.15, 0.2) is 0 Å². The van der Waals surface area contributed by atoms with E-state index in [1.807, 2.05) is 0 Å². The summed E-state index contributed by atoms with van der Waals surface area (Å²) in [5.41, 5.74) is 1.11. The number of ether oxygens (including phenoxy) is 1. The molecule has 2 N–H and O–H groups in total. The van der Waals surface area contributed by atoms with E-state index in [0.29, 0.717) is 11.2 Å². The number of carbonyl (C=O) groups excluding carboxylic acids is 1. The molecule has 0 spiro atoms. The molecule has 0 saturated heterocycles. The van der Waals surface area contributed by atoms with E-state index >= 15 is 0 Å². The van der Waals surface area contributed by atoms with Gasteiger partial charge in [-0.15, -0.1) is 0 Å². The van der Waals surface area contributed by atoms with Gasteiger partial charge in [0.05, 0.1) is 6.42 Å². The van der Waals surface area contributed by atoms with Crippen LogP contribution in [0.5, 0.6) is 5.75 Å². The molecule has 0 fully saturated rings. The van der Waals surface area contributed by atoms with E-state index in [-0.39, 0.29) is 12.4 Å². The van der Waals surface area contributed by atoms with E-state index in [0.717, 1.165) is 5.56 Å². The molecule has 4 nitrogen and oxygen atoms in total. The first-order chi connectivity index (χ1) is 6.16. The Balaban J connectivity index is 2.40. The molecule has 1 aliphatic heterocycles. The monoisotopic (exact) mass is 178 g/mol. The van der Waals surface area contributed by atoms with Gasteiger partial charge in [0.2, 0.25) is 0 Å². The topological polar surface area (TPSA) is 66.8 Å². The molecule has 1 aromatic rings. The number of esters is 1. The molecule has 0 bridgehead atoms. The molecule has 1 heterocycles. The molecule has 2 rings (SSSR count). The summed E-state index contributed by atoms with van der Waals surface area (Å²) in [7, 11) is -1.52. The Kier molecular flexibility index (Phi) is 1.83. The Morgan fingerprint density at radius 3 is 2.85 bits per heavy atom. The van der Waals surface area contributed by atoms with Crippen molar-refractivity contribution in [1.82, 2.24) is 0 Å². The minimum atomic E-state index is -1.52. The molecule has 0 radical (unpaired) electrons. The summed E-state index contributed by atoms with van der Waals surface area (Å²) in [5.74, 6) is 0.121. The van der Waals surface area contributed by atoms with Crippen LogP contribution < -0.4 is 10.2 Å². The van der Waals surface area contributed by atoms with E-state index in [4.69, 9.17) is 14.8 Å². The van der Waals surface area contributed by atoms with Crippen LogP contribution in [0.2, 0.25) is 0 Å². The number of rotatable bonds is 1. The first-order valence-electron chi connectivity index (χ1n) is 3.86. The molecular formula is C8H7BO4. The number of carbonyl (C=O) groups is 1. The van der Waals surface area contributed by atoms with Gasteiger partial charge < -0.3 is 14.8 Å². The van der Waals surface area contributed by atoms with Crippen molar-refractivity contribution in [3.63, 3.8) is 0 Å². The van der Waals surface area contributed by atoms with Crippen molar-refractivity contribution >= 4 is 18.6 Å². The summed E-state index contributed by atoms with van der Waals surface area (Å²) in [6.45, 7) is 0. The second kappa shape index (κ2) is 2.87. The van der Waals surface area contributed by atoms with Crippen LogP contribution in [0.25, 0.3) is 0 Å². The van der Waals surface area contributed by atoms with Crippen LogP contribution in [0.1, 0.15) is 5.56 Å². The lowest BCUT2D eigenvalue weighted by Gasteiger charge is -2.01. The molecule has 5 heteroatoms. The van der Waals surface area contributed by atoms with Gasteiger partial charge in [0.25, 0.3) is 0 Å². The Morgan fingerprint density at radius 2 is 2.15 bits per heavy atom. The van der Waals surface area contributed by atoms with E-state index in [2.05, 4.69) is 0 Å². The van der Waals surface area contributed by atoms with Crippen molar-refractivity contribution < 1.29 is 19.6 Å². The van der Waals surface area contributed by atoms with Gasteiger partial charge in [-0.25, -0.2) is 0 Å². The zero-order chi connectivity index (χ0) is 9.42. The molecule has 1 aliphatic rings. The zero-order valence-corrected chi connectivity index (χ0v) is 6.73. The third-order valence-electron chi connectivity index (χ3n) is 1.95. The minimum absolute atomic E-state index is 0.261. The summed E-state index contributed by atoms with van der Waals surface area (Å²) in [6.07, 6.45) is 0.261. The third-order valence-corrected chi connectivity index (χ3v) is 1.95. The van der Waals surface area contributed by atoms with Crippen molar-refractivity contribution in [1.29, 1.82) is 0 Å². The van der Waals surface area contributed by atoms with Crippen LogP contribution in [0.4, 0.5) is 0 Å². The molecule has 0 atom stereocenters. The standard InChI is InChI=1S/C8H7BO4/c10-8-3-5-1-2-6(9(11)12)4-7(5)13-8/h1-2,4,11-12H,3H2. The van der Waals surface area contributed by atoms with Crippen LogP contribution in [0.15, 0.2) is 18.2 Å². The van der Waals surface area contributed by atoms with Crippen molar-refractivity contribution in [2.45, 2.75) is 6.42 Å². The molecule has 0 aromatic heterocycles. The molecule has 66 valence electrons. The van der Waals surface area contributed by atoms with Crippen molar-refractivity contribution in [3.05, 3.63) is 23.8 Å². The lowest BCUT2D eigenvalue weighted by atomic mass is 9.80. The normalized spacial score (nSPS) is 13.8. The van der Waals surface area contributed by atoms with E-state index in [1.165, 1.54) is 6.07 Å². The fourth-order valence-electron chi connectivity index (χ4n) is 1.29. The average Bonchev–Trinajstić information content (AvgIpc) is 2.42. The predicted octanol–water partition coefficient (Wildman–Crippen LogP) is -1.17. The SMILES string of the molecule is O=C1Cc2ccc(B(O)O)cc2O1. The quantitative estimate of drug-likeness (QED) is 0.323. The molecule has 0 aliphatic carbocycles. The summed E-state index contributed by atoms with van der Waals surface area (Å²) >= 11 is 0. The molecular weight excluding hydrogens is 171 g/mol. The maximum absolute atomic E-state index is 10.8. The number of hydrogen-bond acceptors (Lipinski definition) is 4. The Hall–Kier alpha value is -1.33. The van der Waals surface area contributed by atoms with Crippen LogP contribution in [0.3, 0.4) is 0 Å². The largest absolute Gasteiger partial charge is 0.488 e. The van der Waals surface area contributed by atoms with Gasteiger partial charge in [-0.05, 0) is 11.5 Å². The van der Waals surface area contributed by atoms with Gasteiger partial charge in [-0.1, -0.05) is 12.1 Å². The van der Waals surface area contributed by atoms with Gasteiger partial charge in [-0.2, -0.15) is 0 Å². The van der Waals surface area contributed by atoms with Gasteiger partial charge in [-0.3, -0.25) is 4.79 Å². The Labute approximate surface area is 74.9 Å². The maximum atomic E-state index is 10.8. The number of fused-ring (bicyclic) bond motifs is 1. The van der Waals surface area contributed by atoms with Crippen molar-refractivity contribution in [3.8, 4) is 5.75 Å². The lowest BCUT2D eigenvalue weighted by molar-refractivity contribution is -0.131. The summed E-state index contributed by atoms with van der Waals surface area (Å²) in [4.78, 5) is 10.8. The maximum Gasteiger partial charge on any atom is 0.488 e. The van der Waals surface area contributed by atoms with Gasteiger partial charge in [0, 0.05) is 5.56 Å². The first kappa shape index (κ1) is 8.28. The second-order valence-corrected chi connectivity index (χ2v) is 2.89. The summed E-state index contributed by atoms with van der Waals surface area (Å²) < 4.78 is 4.84. The van der Waals surface area contributed by atoms with Crippen LogP contribution in [-0.2, 0) is 11.2 Å². The minimum Gasteiger partial charge on any atom is -0.426 e. The fourth-order valence-corrected chi connectivity index (χ4v) is 1.29. The molecule has 1 aromatic carbocycles. The van der Waals surface area contributed by atoms with Crippen molar-refractivity contribution in [2.75, 3.05) is 0 Å². The number of benzene rings is 1. The zero-order valence-electron chi connectivity index (χ0n) is 6.73. The molecule has 0 amide bonds. The number of hydrogen-bond donors (Lipinski definition) is 2. The molecule has 0 saturated carbocycles. The molecule has 0 unspecified atom stereocenters. The highest BCUT2D eigenvalue weighted by atomic mass is 16.5. The Bertz CT molecular complexity index is 361. The average molecular weight is 178 g/mol. The molecule has 13 heavy (non-hydrogen) atoms. The van der Waals surface area contributed by atoms with Crippen LogP contribution in [-0.4, -0.2) is 23.1 Å². The second-order valence-electron chi connectivity index (χ2n) is 2.89. The highest BCUT2D eigenvalue weighted by Crippen LogP contribution is 2.23. The third kappa shape index (κ3) is 1.43. The van der Waals surface area contributed by atoms with Gasteiger partial charge >= 0.3 is 13.1 Å².